The number of piperidine rings is 1. The lowest BCUT2D eigenvalue weighted by molar-refractivity contribution is -0.143. The summed E-state index contributed by atoms with van der Waals surface area (Å²) in [5.74, 6) is -0.719. The van der Waals surface area contributed by atoms with Gasteiger partial charge in [0.2, 0.25) is 0 Å². The second kappa shape index (κ2) is 11.0. The van der Waals surface area contributed by atoms with E-state index in [-0.39, 0.29) is 23.6 Å². The number of halogens is 6. The molecule has 0 atom stereocenters. The van der Waals surface area contributed by atoms with E-state index >= 15 is 0 Å². The van der Waals surface area contributed by atoms with Gasteiger partial charge in [0.25, 0.3) is 0 Å². The van der Waals surface area contributed by atoms with Crippen LogP contribution in [0.1, 0.15) is 29.8 Å². The highest BCUT2D eigenvalue weighted by molar-refractivity contribution is 5.93. The van der Waals surface area contributed by atoms with Crippen LogP contribution in [0.4, 0.5) is 37.8 Å². The van der Waals surface area contributed by atoms with Crippen LogP contribution in [0, 0.1) is 5.92 Å². The van der Waals surface area contributed by atoms with Crippen molar-refractivity contribution in [2.45, 2.75) is 31.7 Å². The van der Waals surface area contributed by atoms with Gasteiger partial charge in [0, 0.05) is 22.8 Å². The predicted molar refractivity (Wildman–Crippen MR) is 138 cm³/mol. The van der Waals surface area contributed by atoms with Crippen LogP contribution in [-0.4, -0.2) is 44.0 Å². The van der Waals surface area contributed by atoms with Gasteiger partial charge < -0.3 is 10.4 Å². The molecule has 41 heavy (non-hydrogen) atoms. The Labute approximate surface area is 229 Å². The summed E-state index contributed by atoms with van der Waals surface area (Å²) >= 11 is 0. The summed E-state index contributed by atoms with van der Waals surface area (Å²) in [6.07, 6.45) is -6.98. The monoisotopic (exact) mass is 575 g/mol. The van der Waals surface area contributed by atoms with Crippen LogP contribution >= 0.6 is 0 Å². The number of aliphatic carboxylic acids is 1. The molecule has 13 heteroatoms. The summed E-state index contributed by atoms with van der Waals surface area (Å²) in [7, 11) is 0. The van der Waals surface area contributed by atoms with Gasteiger partial charge in [0.05, 0.1) is 34.8 Å². The molecule has 0 spiro atoms. The van der Waals surface area contributed by atoms with Gasteiger partial charge in [-0.15, -0.1) is 0 Å². The van der Waals surface area contributed by atoms with Crippen LogP contribution in [0.3, 0.4) is 0 Å². The van der Waals surface area contributed by atoms with E-state index in [0.717, 1.165) is 18.2 Å². The predicted octanol–water partition coefficient (Wildman–Crippen LogP) is 6.77. The Morgan fingerprint density at radius 1 is 0.951 bits per heavy atom. The van der Waals surface area contributed by atoms with Crippen LogP contribution in [0.15, 0.2) is 60.8 Å². The molecular formula is C28H23F6N5O2. The number of nitrogens with zero attached hydrogens (tertiary/aromatic N) is 4. The van der Waals surface area contributed by atoms with Crippen LogP contribution < -0.4 is 5.32 Å². The number of fused-ring (bicyclic) bond motifs is 1. The van der Waals surface area contributed by atoms with E-state index in [2.05, 4.69) is 20.3 Å². The fourth-order valence-corrected chi connectivity index (χ4v) is 4.77. The molecule has 0 bridgehead atoms. The van der Waals surface area contributed by atoms with Crippen LogP contribution in [-0.2, 0) is 23.7 Å². The zero-order chi connectivity index (χ0) is 29.4. The highest BCUT2D eigenvalue weighted by Crippen LogP contribution is 2.37. The van der Waals surface area contributed by atoms with E-state index in [9.17, 15) is 36.2 Å². The van der Waals surface area contributed by atoms with Gasteiger partial charge >= 0.3 is 18.3 Å². The standard InChI is InChI=1S/C28H23F6N5O2/c29-27(30,31)18-4-6-19(7-5-18)36-25-20-8-3-17(24-21(28(32,33)34)2-1-11-35-24)14-22(20)37-23(38-25)15-39-12-9-16(10-13-39)26(40)41/h1-8,11,14,16H,9-10,12-13,15H2,(H,40,41)(H,36,37,38). The van der Waals surface area contributed by atoms with Gasteiger partial charge in [0.1, 0.15) is 11.6 Å². The first-order valence-corrected chi connectivity index (χ1v) is 12.6. The lowest BCUT2D eigenvalue weighted by Gasteiger charge is -2.29. The van der Waals surface area contributed by atoms with Crippen molar-refractivity contribution in [3.05, 3.63) is 77.7 Å². The van der Waals surface area contributed by atoms with E-state index in [4.69, 9.17) is 0 Å². The molecule has 2 aromatic carbocycles. The molecule has 0 unspecified atom stereocenters. The number of hydrogen-bond donors (Lipinski definition) is 2. The summed E-state index contributed by atoms with van der Waals surface area (Å²) in [6.45, 7) is 1.22. The van der Waals surface area contributed by atoms with Crippen molar-refractivity contribution in [2.75, 3.05) is 18.4 Å². The second-order valence-corrected chi connectivity index (χ2v) is 9.71. The molecule has 1 aliphatic rings. The van der Waals surface area contributed by atoms with Crippen LogP contribution in [0.25, 0.3) is 22.2 Å². The first-order valence-electron chi connectivity index (χ1n) is 12.6. The highest BCUT2D eigenvalue weighted by Gasteiger charge is 2.34. The molecule has 7 nitrogen and oxygen atoms in total. The van der Waals surface area contributed by atoms with Crippen molar-refractivity contribution in [1.29, 1.82) is 0 Å². The second-order valence-electron chi connectivity index (χ2n) is 9.71. The molecule has 5 rings (SSSR count). The van der Waals surface area contributed by atoms with Gasteiger partial charge in [-0.2, -0.15) is 26.3 Å². The fraction of sp³-hybridized carbons (Fsp3) is 0.286. The van der Waals surface area contributed by atoms with Crippen molar-refractivity contribution < 1.29 is 36.2 Å². The van der Waals surface area contributed by atoms with Crippen molar-refractivity contribution in [2.24, 2.45) is 5.92 Å². The molecule has 0 amide bonds. The Morgan fingerprint density at radius 3 is 2.29 bits per heavy atom. The number of nitrogens with one attached hydrogen (secondary N) is 1. The maximum atomic E-state index is 13.7. The number of rotatable bonds is 6. The van der Waals surface area contributed by atoms with Crippen molar-refractivity contribution in [3.63, 3.8) is 0 Å². The molecular weight excluding hydrogens is 552 g/mol. The molecule has 2 aromatic heterocycles. The number of anilines is 2. The first-order chi connectivity index (χ1) is 19.4. The minimum Gasteiger partial charge on any atom is -0.481 e. The van der Waals surface area contributed by atoms with E-state index in [1.807, 2.05) is 4.90 Å². The molecule has 0 radical (unpaired) electrons. The number of benzene rings is 2. The molecule has 4 aromatic rings. The van der Waals surface area contributed by atoms with E-state index in [1.165, 1.54) is 42.6 Å². The molecule has 214 valence electrons. The lowest BCUT2D eigenvalue weighted by atomic mass is 9.97. The summed E-state index contributed by atoms with van der Waals surface area (Å²) in [4.78, 5) is 26.4. The molecule has 1 fully saturated rings. The number of alkyl halides is 6. The SMILES string of the molecule is O=C(O)C1CCN(Cc2nc(Nc3ccc(C(F)(F)F)cc3)c3ccc(-c4ncccc4C(F)(F)F)cc3n2)CC1. The summed E-state index contributed by atoms with van der Waals surface area (Å²) in [5, 5.41) is 12.7. The number of hydrogen-bond acceptors (Lipinski definition) is 6. The Bertz CT molecular complexity index is 1570. The minimum atomic E-state index is -4.63. The molecule has 0 saturated carbocycles. The number of carbonyl (C=O) groups is 1. The average molecular weight is 576 g/mol. The van der Waals surface area contributed by atoms with Crippen LogP contribution in [0.2, 0.25) is 0 Å². The molecule has 0 aliphatic carbocycles. The molecule has 1 aliphatic heterocycles. The number of aromatic nitrogens is 3. The normalized spacial score (nSPS) is 15.3. The molecule has 2 N–H and O–H groups in total. The van der Waals surface area contributed by atoms with Crippen molar-refractivity contribution in [3.8, 4) is 11.3 Å². The maximum Gasteiger partial charge on any atom is 0.418 e. The Hall–Kier alpha value is -4.26. The Balaban J connectivity index is 1.53. The highest BCUT2D eigenvalue weighted by atomic mass is 19.4. The number of likely N-dealkylation sites (tertiary alicyclic amines) is 1. The van der Waals surface area contributed by atoms with Gasteiger partial charge in [0.15, 0.2) is 0 Å². The van der Waals surface area contributed by atoms with Crippen molar-refractivity contribution in [1.82, 2.24) is 19.9 Å². The Kier molecular flexibility index (Phi) is 7.56. The van der Waals surface area contributed by atoms with Crippen molar-refractivity contribution >= 4 is 28.4 Å². The maximum absolute atomic E-state index is 13.7. The zero-order valence-electron chi connectivity index (χ0n) is 21.3. The topological polar surface area (TPSA) is 91.2 Å². The Morgan fingerprint density at radius 2 is 1.66 bits per heavy atom. The first kappa shape index (κ1) is 28.3. The third kappa shape index (κ3) is 6.40. The summed E-state index contributed by atoms with van der Waals surface area (Å²) in [5.41, 5.74) is -1.19. The minimum absolute atomic E-state index is 0.179. The van der Waals surface area contributed by atoms with Gasteiger partial charge in [-0.25, -0.2) is 9.97 Å². The summed E-state index contributed by atoms with van der Waals surface area (Å²) < 4.78 is 80.1. The molecule has 1 saturated heterocycles. The third-order valence-electron chi connectivity index (χ3n) is 6.91. The van der Waals surface area contributed by atoms with Gasteiger partial charge in [-0.05, 0) is 74.5 Å². The van der Waals surface area contributed by atoms with Gasteiger partial charge in [-0.3, -0.25) is 14.7 Å². The number of carboxylic acid groups (broad SMARTS) is 1. The van der Waals surface area contributed by atoms with E-state index in [1.54, 1.807) is 0 Å². The van der Waals surface area contributed by atoms with E-state index in [0.29, 0.717) is 48.3 Å². The average Bonchev–Trinajstić information content (AvgIpc) is 2.92. The number of carboxylic acids is 1. The summed E-state index contributed by atoms with van der Waals surface area (Å²) in [6, 6.07) is 11.0. The quantitative estimate of drug-likeness (QED) is 0.245. The third-order valence-corrected chi connectivity index (χ3v) is 6.91. The largest absolute Gasteiger partial charge is 0.481 e. The zero-order valence-corrected chi connectivity index (χ0v) is 21.3. The van der Waals surface area contributed by atoms with Crippen LogP contribution in [0.5, 0.6) is 0 Å². The molecule has 3 heterocycles. The van der Waals surface area contributed by atoms with Gasteiger partial charge in [-0.1, -0.05) is 6.07 Å². The van der Waals surface area contributed by atoms with E-state index < -0.39 is 35.4 Å². The smallest absolute Gasteiger partial charge is 0.418 e. The number of pyridine rings is 1. The fourth-order valence-electron chi connectivity index (χ4n) is 4.77. The lowest BCUT2D eigenvalue weighted by Crippen LogP contribution is -2.36.